The fraction of sp³-hybridized carbons (Fsp3) is 0.938. The summed E-state index contributed by atoms with van der Waals surface area (Å²) in [5, 5.41) is 3.18. The van der Waals surface area contributed by atoms with E-state index in [1.807, 2.05) is 0 Å². The number of rotatable bonds is 6. The van der Waals surface area contributed by atoms with Crippen LogP contribution in [-0.2, 0) is 4.79 Å². The molecule has 116 valence electrons. The van der Waals surface area contributed by atoms with Crippen molar-refractivity contribution in [2.75, 3.05) is 27.2 Å². The van der Waals surface area contributed by atoms with Crippen molar-refractivity contribution in [3.05, 3.63) is 0 Å². The van der Waals surface area contributed by atoms with Crippen LogP contribution in [0.4, 0.5) is 0 Å². The minimum Gasteiger partial charge on any atom is -0.354 e. The van der Waals surface area contributed by atoms with E-state index in [4.69, 9.17) is 5.73 Å². The molecule has 0 aromatic carbocycles. The quantitative estimate of drug-likeness (QED) is 0.781. The largest absolute Gasteiger partial charge is 0.354 e. The standard InChI is InChI=1S/C16H31N3O/c1-19(2)16(9-6-10-16)13-18-14(20)11-15(12-17)7-4-3-5-8-15/h3-13,17H2,1-2H3,(H,18,20). The maximum absolute atomic E-state index is 12.3. The zero-order valence-electron chi connectivity index (χ0n) is 13.2. The van der Waals surface area contributed by atoms with Crippen molar-refractivity contribution in [2.45, 2.75) is 63.3 Å². The van der Waals surface area contributed by atoms with Gasteiger partial charge in [-0.25, -0.2) is 0 Å². The lowest BCUT2D eigenvalue weighted by molar-refractivity contribution is -0.124. The Hall–Kier alpha value is -0.610. The molecule has 0 aromatic heterocycles. The highest BCUT2D eigenvalue weighted by molar-refractivity contribution is 5.76. The number of likely N-dealkylation sites (N-methyl/N-ethyl adjacent to an activating group) is 1. The van der Waals surface area contributed by atoms with Gasteiger partial charge in [0, 0.05) is 18.5 Å². The molecule has 3 N–H and O–H groups in total. The van der Waals surface area contributed by atoms with Crippen molar-refractivity contribution in [1.82, 2.24) is 10.2 Å². The van der Waals surface area contributed by atoms with E-state index in [0.717, 1.165) is 19.4 Å². The molecule has 0 aromatic rings. The minimum atomic E-state index is 0.0766. The van der Waals surface area contributed by atoms with E-state index in [1.54, 1.807) is 0 Å². The molecule has 4 nitrogen and oxygen atoms in total. The Balaban J connectivity index is 1.82. The van der Waals surface area contributed by atoms with Gasteiger partial charge < -0.3 is 16.0 Å². The molecule has 2 rings (SSSR count). The predicted molar refractivity (Wildman–Crippen MR) is 82.5 cm³/mol. The van der Waals surface area contributed by atoms with Crippen LogP contribution in [-0.4, -0.2) is 43.5 Å². The Morgan fingerprint density at radius 3 is 2.20 bits per heavy atom. The van der Waals surface area contributed by atoms with Crippen LogP contribution < -0.4 is 11.1 Å². The molecule has 2 fully saturated rings. The van der Waals surface area contributed by atoms with Crippen LogP contribution in [0.5, 0.6) is 0 Å². The molecular weight excluding hydrogens is 250 g/mol. The summed E-state index contributed by atoms with van der Waals surface area (Å²) < 4.78 is 0. The molecule has 20 heavy (non-hydrogen) atoms. The normalized spacial score (nSPS) is 24.2. The molecule has 0 aliphatic heterocycles. The van der Waals surface area contributed by atoms with E-state index in [0.29, 0.717) is 13.0 Å². The fourth-order valence-corrected chi connectivity index (χ4v) is 3.79. The second kappa shape index (κ2) is 6.44. The van der Waals surface area contributed by atoms with Gasteiger partial charge in [0.05, 0.1) is 0 Å². The first-order chi connectivity index (χ1) is 9.52. The van der Waals surface area contributed by atoms with Gasteiger partial charge in [0.2, 0.25) is 5.91 Å². The van der Waals surface area contributed by atoms with Crippen molar-refractivity contribution < 1.29 is 4.79 Å². The summed E-state index contributed by atoms with van der Waals surface area (Å²) in [5.41, 5.74) is 6.25. The minimum absolute atomic E-state index is 0.0766. The van der Waals surface area contributed by atoms with Crippen molar-refractivity contribution in [2.24, 2.45) is 11.1 Å². The Morgan fingerprint density at radius 2 is 1.75 bits per heavy atom. The molecule has 0 bridgehead atoms. The second-order valence-corrected chi connectivity index (χ2v) is 7.19. The Morgan fingerprint density at radius 1 is 1.10 bits per heavy atom. The van der Waals surface area contributed by atoms with Gasteiger partial charge in [-0.15, -0.1) is 0 Å². The van der Waals surface area contributed by atoms with Crippen LogP contribution in [0.2, 0.25) is 0 Å². The van der Waals surface area contributed by atoms with Gasteiger partial charge in [0.1, 0.15) is 0 Å². The maximum Gasteiger partial charge on any atom is 0.220 e. The molecule has 0 spiro atoms. The van der Waals surface area contributed by atoms with Crippen LogP contribution >= 0.6 is 0 Å². The zero-order valence-corrected chi connectivity index (χ0v) is 13.2. The van der Waals surface area contributed by atoms with Gasteiger partial charge in [-0.2, -0.15) is 0 Å². The Bertz CT molecular complexity index is 331. The number of carbonyl (C=O) groups excluding carboxylic acids is 1. The van der Waals surface area contributed by atoms with Crippen molar-refractivity contribution in [3.8, 4) is 0 Å². The molecule has 2 aliphatic rings. The lowest BCUT2D eigenvalue weighted by Gasteiger charge is -2.47. The molecule has 4 heteroatoms. The Kier molecular flexibility index (Phi) is 5.08. The SMILES string of the molecule is CN(C)C1(CNC(=O)CC2(CN)CCCCC2)CCC1. The lowest BCUT2D eigenvalue weighted by atomic mass is 9.71. The topological polar surface area (TPSA) is 58.4 Å². The number of carbonyl (C=O) groups is 1. The van der Waals surface area contributed by atoms with Gasteiger partial charge in [-0.05, 0) is 58.2 Å². The molecule has 2 saturated carbocycles. The Labute approximate surface area is 123 Å². The van der Waals surface area contributed by atoms with E-state index < -0.39 is 0 Å². The van der Waals surface area contributed by atoms with E-state index in [1.165, 1.54) is 38.5 Å². The number of nitrogens with zero attached hydrogens (tertiary/aromatic N) is 1. The fourth-order valence-electron chi connectivity index (χ4n) is 3.79. The molecule has 0 saturated heterocycles. The molecule has 1 amide bonds. The van der Waals surface area contributed by atoms with Crippen LogP contribution in [0.3, 0.4) is 0 Å². The summed E-state index contributed by atoms with van der Waals surface area (Å²) in [6, 6.07) is 0. The highest BCUT2D eigenvalue weighted by Crippen LogP contribution is 2.39. The first-order valence-electron chi connectivity index (χ1n) is 8.16. The molecular formula is C16H31N3O. The summed E-state index contributed by atoms with van der Waals surface area (Å²) in [6.45, 7) is 1.44. The third kappa shape index (κ3) is 3.34. The van der Waals surface area contributed by atoms with E-state index in [2.05, 4.69) is 24.3 Å². The summed E-state index contributed by atoms with van der Waals surface area (Å²) in [5.74, 6) is 0.200. The summed E-state index contributed by atoms with van der Waals surface area (Å²) in [7, 11) is 4.24. The van der Waals surface area contributed by atoms with Crippen LogP contribution in [0.25, 0.3) is 0 Å². The smallest absolute Gasteiger partial charge is 0.220 e. The van der Waals surface area contributed by atoms with E-state index in [9.17, 15) is 4.79 Å². The lowest BCUT2D eigenvalue weighted by Crippen LogP contribution is -2.57. The zero-order chi connectivity index (χ0) is 14.6. The first-order valence-corrected chi connectivity index (χ1v) is 8.16. The molecule has 0 heterocycles. The molecule has 0 radical (unpaired) electrons. The van der Waals surface area contributed by atoms with Crippen molar-refractivity contribution in [3.63, 3.8) is 0 Å². The predicted octanol–water partition coefficient (Wildman–Crippen LogP) is 1.89. The summed E-state index contributed by atoms with van der Waals surface area (Å²) in [4.78, 5) is 14.6. The van der Waals surface area contributed by atoms with Crippen molar-refractivity contribution >= 4 is 5.91 Å². The number of hydrogen-bond donors (Lipinski definition) is 2. The highest BCUT2D eigenvalue weighted by Gasteiger charge is 2.40. The average Bonchev–Trinajstić information content (AvgIpc) is 2.38. The number of amides is 1. The van der Waals surface area contributed by atoms with Crippen LogP contribution in [0, 0.1) is 5.41 Å². The number of hydrogen-bond acceptors (Lipinski definition) is 3. The monoisotopic (exact) mass is 281 g/mol. The summed E-state index contributed by atoms with van der Waals surface area (Å²) >= 11 is 0. The number of nitrogens with two attached hydrogens (primary N) is 1. The van der Waals surface area contributed by atoms with E-state index in [-0.39, 0.29) is 16.9 Å². The average molecular weight is 281 g/mol. The third-order valence-corrected chi connectivity index (χ3v) is 5.73. The van der Waals surface area contributed by atoms with Crippen molar-refractivity contribution in [1.29, 1.82) is 0 Å². The second-order valence-electron chi connectivity index (χ2n) is 7.19. The first kappa shape index (κ1) is 15.8. The highest BCUT2D eigenvalue weighted by atomic mass is 16.1. The molecule has 0 unspecified atom stereocenters. The maximum atomic E-state index is 12.3. The van der Waals surface area contributed by atoms with Gasteiger partial charge >= 0.3 is 0 Å². The van der Waals surface area contributed by atoms with Gasteiger partial charge in [0.15, 0.2) is 0 Å². The van der Waals surface area contributed by atoms with E-state index >= 15 is 0 Å². The third-order valence-electron chi connectivity index (χ3n) is 5.73. The number of nitrogens with one attached hydrogen (secondary N) is 1. The molecule has 0 atom stereocenters. The summed E-state index contributed by atoms with van der Waals surface area (Å²) in [6.07, 6.45) is 10.3. The van der Waals surface area contributed by atoms with Crippen LogP contribution in [0.15, 0.2) is 0 Å². The van der Waals surface area contributed by atoms with Gasteiger partial charge in [-0.1, -0.05) is 19.3 Å². The van der Waals surface area contributed by atoms with Crippen LogP contribution in [0.1, 0.15) is 57.8 Å². The van der Waals surface area contributed by atoms with Gasteiger partial charge in [-0.3, -0.25) is 4.79 Å². The molecule has 2 aliphatic carbocycles. The van der Waals surface area contributed by atoms with Gasteiger partial charge in [0.25, 0.3) is 0 Å².